The van der Waals surface area contributed by atoms with E-state index in [-0.39, 0.29) is 5.91 Å². The Morgan fingerprint density at radius 3 is 2.71 bits per heavy atom. The summed E-state index contributed by atoms with van der Waals surface area (Å²) in [6, 6.07) is 5.53. The lowest BCUT2D eigenvalue weighted by atomic mass is 10.1. The van der Waals surface area contributed by atoms with Crippen LogP contribution >= 0.6 is 0 Å². The monoisotopic (exact) mass is 239 g/mol. The predicted molar refractivity (Wildman–Crippen MR) is 63.3 cm³/mol. The largest absolute Gasteiger partial charge is 0.497 e. The number of aliphatic hydroxyl groups excluding tert-OH is 1. The van der Waals surface area contributed by atoms with Gasteiger partial charge in [-0.15, -0.1) is 0 Å². The maximum atomic E-state index is 10.8. The normalized spacial score (nSPS) is 9.82. The molecule has 94 valence electrons. The fourth-order valence-corrected chi connectivity index (χ4v) is 1.45. The molecule has 1 aromatic carbocycles. The number of aliphatic hydroxyl groups is 1. The number of methoxy groups -OCH3 is 2. The van der Waals surface area contributed by atoms with E-state index in [9.17, 15) is 4.79 Å². The number of rotatable bonds is 6. The number of nitrogens with one attached hydrogen (secondary N) is 1. The topological polar surface area (TPSA) is 67.8 Å². The molecule has 2 N–H and O–H groups in total. The summed E-state index contributed by atoms with van der Waals surface area (Å²) >= 11 is 0. The van der Waals surface area contributed by atoms with E-state index in [1.807, 2.05) is 12.1 Å². The lowest BCUT2D eigenvalue weighted by Crippen LogP contribution is -2.28. The van der Waals surface area contributed by atoms with Gasteiger partial charge < -0.3 is 19.9 Å². The van der Waals surface area contributed by atoms with Crippen LogP contribution in [0.4, 0.5) is 0 Å². The van der Waals surface area contributed by atoms with E-state index in [1.54, 1.807) is 20.3 Å². The number of hydrogen-bond acceptors (Lipinski definition) is 4. The van der Waals surface area contributed by atoms with Crippen molar-refractivity contribution in [3.8, 4) is 11.5 Å². The van der Waals surface area contributed by atoms with Gasteiger partial charge in [-0.25, -0.2) is 0 Å². The average Bonchev–Trinajstić information content (AvgIpc) is 2.38. The smallest absolute Gasteiger partial charge is 0.245 e. The van der Waals surface area contributed by atoms with E-state index in [1.165, 1.54) is 0 Å². The SMILES string of the molecule is COc1ccc(CCNC(=O)CO)c(OC)c1. The van der Waals surface area contributed by atoms with Crippen LogP contribution in [-0.2, 0) is 11.2 Å². The molecule has 0 spiro atoms. The van der Waals surface area contributed by atoms with Crippen LogP contribution < -0.4 is 14.8 Å². The van der Waals surface area contributed by atoms with Crippen LogP contribution in [0.5, 0.6) is 11.5 Å². The highest BCUT2D eigenvalue weighted by atomic mass is 16.5. The first kappa shape index (κ1) is 13.3. The summed E-state index contributed by atoms with van der Waals surface area (Å²) in [5.74, 6) is 1.07. The number of carbonyl (C=O) groups is 1. The Hall–Kier alpha value is -1.75. The van der Waals surface area contributed by atoms with E-state index in [4.69, 9.17) is 14.6 Å². The van der Waals surface area contributed by atoms with Crippen molar-refractivity contribution in [1.82, 2.24) is 5.32 Å². The highest BCUT2D eigenvalue weighted by Crippen LogP contribution is 2.24. The Kier molecular flexibility index (Phi) is 5.29. The zero-order valence-corrected chi connectivity index (χ0v) is 10.0. The zero-order valence-electron chi connectivity index (χ0n) is 10.0. The summed E-state index contributed by atoms with van der Waals surface area (Å²) in [4.78, 5) is 10.8. The van der Waals surface area contributed by atoms with Crippen molar-refractivity contribution >= 4 is 5.91 Å². The molecule has 0 unspecified atom stereocenters. The molecule has 0 atom stereocenters. The fourth-order valence-electron chi connectivity index (χ4n) is 1.45. The molecule has 1 amide bonds. The van der Waals surface area contributed by atoms with Crippen LogP contribution in [-0.4, -0.2) is 38.4 Å². The van der Waals surface area contributed by atoms with Gasteiger partial charge in [0.25, 0.3) is 0 Å². The second-order valence-corrected chi connectivity index (χ2v) is 3.44. The van der Waals surface area contributed by atoms with Crippen LogP contribution in [0.1, 0.15) is 5.56 Å². The van der Waals surface area contributed by atoms with E-state index < -0.39 is 6.61 Å². The van der Waals surface area contributed by atoms with Gasteiger partial charge in [0.2, 0.25) is 5.91 Å². The van der Waals surface area contributed by atoms with Crippen molar-refractivity contribution in [1.29, 1.82) is 0 Å². The third-order valence-corrected chi connectivity index (χ3v) is 2.35. The molecular weight excluding hydrogens is 222 g/mol. The van der Waals surface area contributed by atoms with Gasteiger partial charge in [-0.1, -0.05) is 6.07 Å². The summed E-state index contributed by atoms with van der Waals surface area (Å²) in [6.45, 7) is -0.0260. The lowest BCUT2D eigenvalue weighted by Gasteiger charge is -2.10. The summed E-state index contributed by atoms with van der Waals surface area (Å²) in [6.07, 6.45) is 0.638. The molecule has 0 aliphatic rings. The standard InChI is InChI=1S/C12H17NO4/c1-16-10-4-3-9(11(7-10)17-2)5-6-13-12(15)8-14/h3-4,7,14H,5-6,8H2,1-2H3,(H,13,15). The summed E-state index contributed by atoms with van der Waals surface area (Å²) in [7, 11) is 3.18. The van der Waals surface area contributed by atoms with Crippen molar-refractivity contribution in [3.05, 3.63) is 23.8 Å². The number of benzene rings is 1. The lowest BCUT2D eigenvalue weighted by molar-refractivity contribution is -0.123. The van der Waals surface area contributed by atoms with Gasteiger partial charge in [0.1, 0.15) is 18.1 Å². The van der Waals surface area contributed by atoms with Crippen molar-refractivity contribution in [3.63, 3.8) is 0 Å². The highest BCUT2D eigenvalue weighted by Gasteiger charge is 2.05. The molecule has 0 aliphatic carbocycles. The molecule has 1 rings (SSSR count). The van der Waals surface area contributed by atoms with Gasteiger partial charge in [-0.2, -0.15) is 0 Å². The minimum absolute atomic E-state index is 0.377. The number of hydrogen-bond donors (Lipinski definition) is 2. The van der Waals surface area contributed by atoms with Gasteiger partial charge in [0, 0.05) is 12.6 Å². The molecule has 0 saturated heterocycles. The van der Waals surface area contributed by atoms with Crippen LogP contribution in [0, 0.1) is 0 Å². The van der Waals surface area contributed by atoms with Crippen molar-refractivity contribution in [2.45, 2.75) is 6.42 Å². The maximum Gasteiger partial charge on any atom is 0.245 e. The average molecular weight is 239 g/mol. The first-order valence-electron chi connectivity index (χ1n) is 5.29. The number of carbonyl (C=O) groups excluding carboxylic acids is 1. The number of ether oxygens (including phenoxy) is 2. The Morgan fingerprint density at radius 2 is 2.12 bits per heavy atom. The molecule has 0 aliphatic heterocycles. The van der Waals surface area contributed by atoms with Gasteiger partial charge in [-0.05, 0) is 18.1 Å². The molecule has 1 aromatic rings. The molecule has 0 heterocycles. The molecule has 0 fully saturated rings. The van der Waals surface area contributed by atoms with Gasteiger partial charge in [0.15, 0.2) is 0 Å². The van der Waals surface area contributed by atoms with Crippen LogP contribution in [0.15, 0.2) is 18.2 Å². The second kappa shape index (κ2) is 6.75. The molecule has 0 bridgehead atoms. The minimum atomic E-state index is -0.486. The van der Waals surface area contributed by atoms with E-state index in [2.05, 4.69) is 5.32 Å². The van der Waals surface area contributed by atoms with Gasteiger partial charge >= 0.3 is 0 Å². The summed E-state index contributed by atoms with van der Waals surface area (Å²) in [5, 5.41) is 11.1. The Balaban J connectivity index is 2.61. The first-order valence-corrected chi connectivity index (χ1v) is 5.29. The first-order chi connectivity index (χ1) is 8.21. The molecule has 5 heteroatoms. The zero-order chi connectivity index (χ0) is 12.7. The van der Waals surface area contributed by atoms with E-state index >= 15 is 0 Å². The summed E-state index contributed by atoms with van der Waals surface area (Å²) in [5.41, 5.74) is 0.978. The van der Waals surface area contributed by atoms with Gasteiger partial charge in [0.05, 0.1) is 14.2 Å². The highest BCUT2D eigenvalue weighted by molar-refractivity contribution is 5.76. The fraction of sp³-hybridized carbons (Fsp3) is 0.417. The molecule has 0 radical (unpaired) electrons. The van der Waals surface area contributed by atoms with Crippen molar-refractivity contribution in [2.24, 2.45) is 0 Å². The van der Waals surface area contributed by atoms with E-state index in [0.717, 1.165) is 17.1 Å². The van der Waals surface area contributed by atoms with Gasteiger partial charge in [-0.3, -0.25) is 4.79 Å². The van der Waals surface area contributed by atoms with Crippen molar-refractivity contribution in [2.75, 3.05) is 27.4 Å². The second-order valence-electron chi connectivity index (χ2n) is 3.44. The quantitative estimate of drug-likeness (QED) is 0.752. The maximum absolute atomic E-state index is 10.8. The Bertz CT molecular complexity index is 379. The molecule has 17 heavy (non-hydrogen) atoms. The minimum Gasteiger partial charge on any atom is -0.497 e. The third-order valence-electron chi connectivity index (χ3n) is 2.35. The van der Waals surface area contributed by atoms with Crippen LogP contribution in [0.3, 0.4) is 0 Å². The van der Waals surface area contributed by atoms with Crippen molar-refractivity contribution < 1.29 is 19.4 Å². The van der Waals surface area contributed by atoms with Crippen LogP contribution in [0.25, 0.3) is 0 Å². The molecular formula is C12H17NO4. The molecule has 0 saturated carbocycles. The Labute approximate surface area is 100 Å². The predicted octanol–water partition coefficient (Wildman–Crippen LogP) is 0.355. The summed E-state index contributed by atoms with van der Waals surface area (Å²) < 4.78 is 10.3. The van der Waals surface area contributed by atoms with Crippen LogP contribution in [0.2, 0.25) is 0 Å². The molecule has 0 aromatic heterocycles. The molecule has 5 nitrogen and oxygen atoms in total. The number of amides is 1. The third kappa shape index (κ3) is 3.96. The Morgan fingerprint density at radius 1 is 1.35 bits per heavy atom. The van der Waals surface area contributed by atoms with E-state index in [0.29, 0.717) is 13.0 Å².